The van der Waals surface area contributed by atoms with Gasteiger partial charge in [-0.1, -0.05) is 41.2 Å². The molecule has 1 aliphatic carbocycles. The number of nitrogens with zero attached hydrogens (tertiary/aromatic N) is 2. The molecule has 21 heavy (non-hydrogen) atoms. The number of aryl methyl sites for hydroxylation is 1. The Labute approximate surface area is 133 Å². The molecule has 1 heterocycles. The minimum Gasteiger partial charge on any atom is -0.317 e. The number of benzene rings is 1. The van der Waals surface area contributed by atoms with E-state index in [1.54, 1.807) is 0 Å². The van der Waals surface area contributed by atoms with E-state index >= 15 is 0 Å². The molecule has 1 amide bonds. The Hall–Kier alpha value is -1.50. The Morgan fingerprint density at radius 3 is 2.62 bits per heavy atom. The topological polar surface area (TPSA) is 80.9 Å². The summed E-state index contributed by atoms with van der Waals surface area (Å²) in [5.74, 6) is -0.157. The summed E-state index contributed by atoms with van der Waals surface area (Å²) >= 11 is 1.39. The summed E-state index contributed by atoms with van der Waals surface area (Å²) in [5.41, 5.74) is 7.56. The van der Waals surface area contributed by atoms with Gasteiger partial charge in [-0.3, -0.25) is 10.1 Å². The molecule has 5 nitrogen and oxygen atoms in total. The third kappa shape index (κ3) is 3.78. The number of carbonyl (C=O) groups is 1. The van der Waals surface area contributed by atoms with Gasteiger partial charge in [-0.25, -0.2) is 0 Å². The minimum absolute atomic E-state index is 0. The summed E-state index contributed by atoms with van der Waals surface area (Å²) in [6, 6.07) is 8.30. The minimum atomic E-state index is -0.678. The second kappa shape index (κ2) is 6.09. The van der Waals surface area contributed by atoms with Gasteiger partial charge in [0.2, 0.25) is 11.0 Å². The highest BCUT2D eigenvalue weighted by Gasteiger charge is 2.46. The Morgan fingerprint density at radius 2 is 2.00 bits per heavy atom. The smallest absolute Gasteiger partial charge is 0.246 e. The van der Waals surface area contributed by atoms with E-state index in [9.17, 15) is 4.79 Å². The van der Waals surface area contributed by atoms with Crippen LogP contribution in [0.5, 0.6) is 0 Å². The highest BCUT2D eigenvalue weighted by molar-refractivity contribution is 7.15. The number of hydrogen-bond donors (Lipinski definition) is 2. The molecule has 1 aromatic heterocycles. The van der Waals surface area contributed by atoms with Crippen LogP contribution in [0.15, 0.2) is 24.3 Å². The van der Waals surface area contributed by atoms with Crippen molar-refractivity contribution in [2.75, 3.05) is 5.32 Å². The Balaban J connectivity index is 0.00000161. The molecule has 0 radical (unpaired) electrons. The highest BCUT2D eigenvalue weighted by atomic mass is 35.5. The molecular formula is C14H17ClN4OS. The summed E-state index contributed by atoms with van der Waals surface area (Å²) in [6.45, 7) is 2.06. The fourth-order valence-corrected chi connectivity index (χ4v) is 2.61. The molecule has 1 aromatic carbocycles. The van der Waals surface area contributed by atoms with Crippen molar-refractivity contribution in [3.63, 3.8) is 0 Å². The lowest BCUT2D eigenvalue weighted by Gasteiger charge is -2.05. The molecule has 0 aliphatic heterocycles. The molecule has 1 fully saturated rings. The van der Waals surface area contributed by atoms with Crippen LogP contribution in [0.3, 0.4) is 0 Å². The first-order valence-electron chi connectivity index (χ1n) is 6.53. The lowest BCUT2D eigenvalue weighted by atomic mass is 10.1. The second-order valence-electron chi connectivity index (χ2n) is 5.27. The van der Waals surface area contributed by atoms with Crippen molar-refractivity contribution in [3.05, 3.63) is 40.4 Å². The fourth-order valence-electron chi connectivity index (χ4n) is 1.84. The number of amides is 1. The van der Waals surface area contributed by atoms with Gasteiger partial charge in [0, 0.05) is 6.42 Å². The Kier molecular flexibility index (Phi) is 4.61. The maximum atomic E-state index is 11.8. The Bertz CT molecular complexity index is 637. The van der Waals surface area contributed by atoms with Gasteiger partial charge in [-0.05, 0) is 25.3 Å². The quantitative estimate of drug-likeness (QED) is 0.904. The molecule has 0 unspecified atom stereocenters. The van der Waals surface area contributed by atoms with Crippen LogP contribution in [0, 0.1) is 6.92 Å². The molecule has 1 aliphatic rings. The van der Waals surface area contributed by atoms with Crippen LogP contribution < -0.4 is 11.1 Å². The zero-order valence-corrected chi connectivity index (χ0v) is 13.3. The van der Waals surface area contributed by atoms with Gasteiger partial charge >= 0.3 is 0 Å². The van der Waals surface area contributed by atoms with E-state index < -0.39 is 5.54 Å². The fraction of sp³-hybridized carbons (Fsp3) is 0.357. The third-order valence-corrected chi connectivity index (χ3v) is 4.24. The average Bonchev–Trinajstić information content (AvgIpc) is 3.03. The van der Waals surface area contributed by atoms with Gasteiger partial charge in [0.1, 0.15) is 5.01 Å². The SMILES string of the molecule is Cc1ccc(Cc2nnc(NC(=O)C3(N)CC3)s2)cc1.Cl. The largest absolute Gasteiger partial charge is 0.317 e. The molecular weight excluding hydrogens is 308 g/mol. The van der Waals surface area contributed by atoms with Crippen LogP contribution >= 0.6 is 23.7 Å². The van der Waals surface area contributed by atoms with E-state index in [2.05, 4.69) is 46.7 Å². The van der Waals surface area contributed by atoms with Crippen molar-refractivity contribution in [1.82, 2.24) is 10.2 Å². The van der Waals surface area contributed by atoms with E-state index in [4.69, 9.17) is 5.73 Å². The van der Waals surface area contributed by atoms with E-state index in [1.165, 1.54) is 22.5 Å². The predicted molar refractivity (Wildman–Crippen MR) is 85.9 cm³/mol. The number of hydrogen-bond acceptors (Lipinski definition) is 5. The number of carbonyl (C=O) groups excluding carboxylic acids is 1. The van der Waals surface area contributed by atoms with Gasteiger partial charge < -0.3 is 5.73 Å². The molecule has 7 heteroatoms. The molecule has 112 valence electrons. The van der Waals surface area contributed by atoms with Crippen molar-refractivity contribution in [2.24, 2.45) is 5.73 Å². The lowest BCUT2D eigenvalue weighted by molar-refractivity contribution is -0.118. The number of rotatable bonds is 4. The van der Waals surface area contributed by atoms with Gasteiger partial charge in [-0.15, -0.1) is 22.6 Å². The van der Waals surface area contributed by atoms with Gasteiger partial charge in [0.15, 0.2) is 0 Å². The van der Waals surface area contributed by atoms with Crippen LogP contribution in [0.2, 0.25) is 0 Å². The van der Waals surface area contributed by atoms with Gasteiger partial charge in [0.05, 0.1) is 5.54 Å². The molecule has 0 spiro atoms. The third-order valence-electron chi connectivity index (χ3n) is 3.40. The molecule has 0 bridgehead atoms. The summed E-state index contributed by atoms with van der Waals surface area (Å²) in [7, 11) is 0. The molecule has 0 saturated heterocycles. The zero-order chi connectivity index (χ0) is 14.2. The zero-order valence-electron chi connectivity index (χ0n) is 11.6. The van der Waals surface area contributed by atoms with E-state index in [1.807, 2.05) is 0 Å². The van der Waals surface area contributed by atoms with E-state index in [0.29, 0.717) is 5.13 Å². The van der Waals surface area contributed by atoms with Crippen molar-refractivity contribution in [1.29, 1.82) is 0 Å². The van der Waals surface area contributed by atoms with Crippen LogP contribution in [-0.4, -0.2) is 21.6 Å². The number of anilines is 1. The van der Waals surface area contributed by atoms with Crippen LogP contribution in [-0.2, 0) is 11.2 Å². The van der Waals surface area contributed by atoms with Crippen molar-refractivity contribution in [3.8, 4) is 0 Å². The molecule has 2 aromatic rings. The first kappa shape index (κ1) is 15.9. The standard InChI is InChI=1S/C14H16N4OS.ClH/c1-9-2-4-10(5-3-9)8-11-17-18-13(20-11)16-12(19)14(15)6-7-14;/h2-5H,6-8,15H2,1H3,(H,16,18,19);1H. The number of nitrogens with two attached hydrogens (primary N) is 1. The monoisotopic (exact) mass is 324 g/mol. The normalized spacial score (nSPS) is 15.1. The van der Waals surface area contributed by atoms with Crippen molar-refractivity contribution < 1.29 is 4.79 Å². The Morgan fingerprint density at radius 1 is 1.33 bits per heavy atom. The summed E-state index contributed by atoms with van der Waals surface area (Å²) in [5, 5.41) is 12.2. The van der Waals surface area contributed by atoms with E-state index in [0.717, 1.165) is 24.3 Å². The van der Waals surface area contributed by atoms with Crippen LogP contribution in [0.1, 0.15) is 29.0 Å². The summed E-state index contributed by atoms with van der Waals surface area (Å²) < 4.78 is 0. The van der Waals surface area contributed by atoms with Gasteiger partial charge in [0.25, 0.3) is 0 Å². The number of nitrogens with one attached hydrogen (secondary N) is 1. The van der Waals surface area contributed by atoms with E-state index in [-0.39, 0.29) is 18.3 Å². The molecule has 3 N–H and O–H groups in total. The van der Waals surface area contributed by atoms with Crippen LogP contribution in [0.25, 0.3) is 0 Å². The first-order chi connectivity index (χ1) is 9.55. The average molecular weight is 325 g/mol. The highest BCUT2D eigenvalue weighted by Crippen LogP contribution is 2.33. The van der Waals surface area contributed by atoms with Crippen molar-refractivity contribution >= 4 is 34.8 Å². The molecule has 0 atom stereocenters. The second-order valence-corrected chi connectivity index (χ2v) is 6.34. The first-order valence-corrected chi connectivity index (χ1v) is 7.35. The maximum absolute atomic E-state index is 11.8. The summed E-state index contributed by atoms with van der Waals surface area (Å²) in [4.78, 5) is 11.8. The lowest BCUT2D eigenvalue weighted by Crippen LogP contribution is -2.37. The summed E-state index contributed by atoms with van der Waals surface area (Å²) in [6.07, 6.45) is 2.21. The number of halogens is 1. The maximum Gasteiger partial charge on any atom is 0.246 e. The molecule has 3 rings (SSSR count). The van der Waals surface area contributed by atoms with Gasteiger partial charge in [-0.2, -0.15) is 0 Å². The van der Waals surface area contributed by atoms with Crippen LogP contribution in [0.4, 0.5) is 5.13 Å². The predicted octanol–water partition coefficient (Wildman–Crippen LogP) is 2.29. The van der Waals surface area contributed by atoms with Crippen molar-refractivity contribution in [2.45, 2.75) is 31.7 Å². The number of aromatic nitrogens is 2. The molecule has 1 saturated carbocycles.